The van der Waals surface area contributed by atoms with E-state index in [2.05, 4.69) is 28.8 Å². The van der Waals surface area contributed by atoms with E-state index in [1.54, 1.807) is 0 Å². The molecule has 1 unspecified atom stereocenters. The Labute approximate surface area is 109 Å². The molecule has 1 saturated heterocycles. The van der Waals surface area contributed by atoms with Crippen molar-refractivity contribution in [3.8, 4) is 0 Å². The molecule has 0 aliphatic carbocycles. The van der Waals surface area contributed by atoms with Crippen LogP contribution in [0.3, 0.4) is 0 Å². The van der Waals surface area contributed by atoms with E-state index in [0.29, 0.717) is 6.04 Å². The maximum absolute atomic E-state index is 5.51. The van der Waals surface area contributed by atoms with E-state index in [1.165, 1.54) is 42.5 Å². The summed E-state index contributed by atoms with van der Waals surface area (Å²) in [5.74, 6) is 0. The maximum atomic E-state index is 5.51. The van der Waals surface area contributed by atoms with Crippen LogP contribution in [0.2, 0.25) is 0 Å². The molecule has 2 aliphatic rings. The molecule has 0 radical (unpaired) electrons. The van der Waals surface area contributed by atoms with Crippen LogP contribution in [0.15, 0.2) is 18.2 Å². The van der Waals surface area contributed by atoms with Gasteiger partial charge in [-0.15, -0.1) is 0 Å². The minimum Gasteiger partial charge on any atom is -0.385 e. The predicted octanol–water partition coefficient (Wildman–Crippen LogP) is 2.31. The number of anilines is 1. The van der Waals surface area contributed by atoms with Crippen LogP contribution in [0.1, 0.15) is 30.4 Å². The molecule has 0 amide bonds. The summed E-state index contributed by atoms with van der Waals surface area (Å²) in [5, 5.41) is 7.17. The van der Waals surface area contributed by atoms with E-state index < -0.39 is 0 Å². The Balaban J connectivity index is 1.65. The summed E-state index contributed by atoms with van der Waals surface area (Å²) in [5.41, 5.74) is 4.24. The zero-order valence-electron chi connectivity index (χ0n) is 10.9. The smallest absolute Gasteiger partial charge is 0.0619 e. The highest BCUT2D eigenvalue weighted by molar-refractivity contribution is 5.59. The van der Waals surface area contributed by atoms with E-state index in [1.807, 2.05) is 0 Å². The van der Waals surface area contributed by atoms with Gasteiger partial charge in [-0.05, 0) is 36.8 Å². The Morgan fingerprint density at radius 2 is 2.33 bits per heavy atom. The quantitative estimate of drug-likeness (QED) is 0.858. The van der Waals surface area contributed by atoms with E-state index in [9.17, 15) is 0 Å². The van der Waals surface area contributed by atoms with Gasteiger partial charge >= 0.3 is 0 Å². The van der Waals surface area contributed by atoms with Crippen molar-refractivity contribution in [2.45, 2.75) is 38.3 Å². The number of fused-ring (bicyclic) bond motifs is 1. The average molecular weight is 246 g/mol. The number of para-hydroxylation sites is 1. The minimum atomic E-state index is 0.526. The molecule has 2 heterocycles. The summed E-state index contributed by atoms with van der Waals surface area (Å²) in [6, 6.07) is 7.18. The number of nitrogens with one attached hydrogen (secondary N) is 2. The summed E-state index contributed by atoms with van der Waals surface area (Å²) < 4.78 is 5.51. The number of benzene rings is 1. The van der Waals surface area contributed by atoms with Crippen LogP contribution >= 0.6 is 0 Å². The molecule has 2 aliphatic heterocycles. The largest absolute Gasteiger partial charge is 0.385 e. The molecule has 3 nitrogen and oxygen atoms in total. The van der Waals surface area contributed by atoms with Crippen molar-refractivity contribution in [2.75, 3.05) is 25.1 Å². The van der Waals surface area contributed by atoms with Crippen molar-refractivity contribution < 1.29 is 4.74 Å². The highest BCUT2D eigenvalue weighted by atomic mass is 16.5. The van der Waals surface area contributed by atoms with Crippen molar-refractivity contribution in [3.63, 3.8) is 0 Å². The third-order valence-corrected chi connectivity index (χ3v) is 3.90. The van der Waals surface area contributed by atoms with Crippen molar-refractivity contribution in [1.29, 1.82) is 0 Å². The predicted molar refractivity (Wildman–Crippen MR) is 73.9 cm³/mol. The molecule has 1 aromatic rings. The fourth-order valence-corrected chi connectivity index (χ4v) is 2.88. The third kappa shape index (κ3) is 2.68. The number of ether oxygens (including phenoxy) is 1. The molecule has 3 rings (SSSR count). The van der Waals surface area contributed by atoms with Gasteiger partial charge in [-0.1, -0.05) is 18.2 Å². The first-order valence-electron chi connectivity index (χ1n) is 7.09. The Bertz CT molecular complexity index is 399. The van der Waals surface area contributed by atoms with Crippen LogP contribution in [0.25, 0.3) is 0 Å². The Morgan fingerprint density at radius 1 is 1.33 bits per heavy atom. The average Bonchev–Trinajstić information content (AvgIpc) is 2.46. The third-order valence-electron chi connectivity index (χ3n) is 3.90. The second kappa shape index (κ2) is 5.72. The molecule has 1 atom stereocenters. The normalized spacial score (nSPS) is 23.2. The van der Waals surface area contributed by atoms with Gasteiger partial charge in [0.15, 0.2) is 0 Å². The number of hydrogen-bond acceptors (Lipinski definition) is 3. The van der Waals surface area contributed by atoms with Gasteiger partial charge in [-0.25, -0.2) is 0 Å². The van der Waals surface area contributed by atoms with Crippen molar-refractivity contribution in [1.82, 2.24) is 5.32 Å². The fourth-order valence-electron chi connectivity index (χ4n) is 2.88. The molecule has 0 bridgehead atoms. The molecule has 2 N–H and O–H groups in total. The summed E-state index contributed by atoms with van der Waals surface area (Å²) in [6.45, 7) is 3.85. The van der Waals surface area contributed by atoms with Crippen LogP contribution in [0, 0.1) is 0 Å². The molecule has 1 aromatic carbocycles. The highest BCUT2D eigenvalue weighted by Crippen LogP contribution is 2.26. The SMILES string of the molecule is c1cc2c(c(CNC3CCCOC3)c1)NCCC2. The Kier molecular flexibility index (Phi) is 3.81. The van der Waals surface area contributed by atoms with Gasteiger partial charge in [0, 0.05) is 31.4 Å². The van der Waals surface area contributed by atoms with Crippen LogP contribution in [0.4, 0.5) is 5.69 Å². The molecule has 18 heavy (non-hydrogen) atoms. The lowest BCUT2D eigenvalue weighted by Gasteiger charge is -2.25. The molecular formula is C15H22N2O. The van der Waals surface area contributed by atoms with Gasteiger partial charge in [0.1, 0.15) is 0 Å². The van der Waals surface area contributed by atoms with E-state index >= 15 is 0 Å². The summed E-state index contributed by atoms with van der Waals surface area (Å²) in [6.07, 6.45) is 4.88. The molecule has 3 heteroatoms. The van der Waals surface area contributed by atoms with Crippen molar-refractivity contribution in [3.05, 3.63) is 29.3 Å². The molecule has 0 saturated carbocycles. The molecule has 98 valence electrons. The summed E-state index contributed by atoms with van der Waals surface area (Å²) in [4.78, 5) is 0. The van der Waals surface area contributed by atoms with E-state index in [0.717, 1.165) is 26.3 Å². The second-order valence-electron chi connectivity index (χ2n) is 5.28. The van der Waals surface area contributed by atoms with E-state index in [4.69, 9.17) is 4.74 Å². The van der Waals surface area contributed by atoms with E-state index in [-0.39, 0.29) is 0 Å². The Morgan fingerprint density at radius 3 is 3.22 bits per heavy atom. The zero-order chi connectivity index (χ0) is 12.2. The Hall–Kier alpha value is -1.06. The number of aryl methyl sites for hydroxylation is 1. The topological polar surface area (TPSA) is 33.3 Å². The molecule has 1 fully saturated rings. The van der Waals surface area contributed by atoms with Gasteiger partial charge in [-0.2, -0.15) is 0 Å². The van der Waals surface area contributed by atoms with Gasteiger partial charge < -0.3 is 15.4 Å². The summed E-state index contributed by atoms with van der Waals surface area (Å²) in [7, 11) is 0. The first kappa shape index (κ1) is 12.0. The maximum Gasteiger partial charge on any atom is 0.0619 e. The van der Waals surface area contributed by atoms with Crippen LogP contribution < -0.4 is 10.6 Å². The van der Waals surface area contributed by atoms with Crippen molar-refractivity contribution in [2.24, 2.45) is 0 Å². The minimum absolute atomic E-state index is 0.526. The van der Waals surface area contributed by atoms with Crippen molar-refractivity contribution >= 4 is 5.69 Å². The zero-order valence-corrected chi connectivity index (χ0v) is 10.9. The van der Waals surface area contributed by atoms with Crippen LogP contribution in [0.5, 0.6) is 0 Å². The van der Waals surface area contributed by atoms with Crippen LogP contribution in [-0.2, 0) is 17.7 Å². The lowest BCUT2D eigenvalue weighted by molar-refractivity contribution is 0.0699. The molecular weight excluding hydrogens is 224 g/mol. The van der Waals surface area contributed by atoms with Gasteiger partial charge in [0.25, 0.3) is 0 Å². The molecule has 0 spiro atoms. The summed E-state index contributed by atoms with van der Waals surface area (Å²) >= 11 is 0. The van der Waals surface area contributed by atoms with Gasteiger partial charge in [0.05, 0.1) is 6.61 Å². The molecule has 0 aromatic heterocycles. The van der Waals surface area contributed by atoms with Gasteiger partial charge in [-0.3, -0.25) is 0 Å². The van der Waals surface area contributed by atoms with Crippen LogP contribution in [-0.4, -0.2) is 25.8 Å². The lowest BCUT2D eigenvalue weighted by atomic mass is 9.99. The van der Waals surface area contributed by atoms with Gasteiger partial charge in [0.2, 0.25) is 0 Å². The standard InChI is InChI=1S/C15H22N2O/c1-4-12-6-2-8-16-15(12)13(5-1)10-17-14-7-3-9-18-11-14/h1,4-5,14,16-17H,2-3,6-11H2. The first-order chi connectivity index (χ1) is 8.93. The lowest BCUT2D eigenvalue weighted by Crippen LogP contribution is -2.36. The highest BCUT2D eigenvalue weighted by Gasteiger charge is 2.15. The first-order valence-corrected chi connectivity index (χ1v) is 7.09. The second-order valence-corrected chi connectivity index (χ2v) is 5.28. The monoisotopic (exact) mass is 246 g/mol. The number of hydrogen-bond donors (Lipinski definition) is 2. The fraction of sp³-hybridized carbons (Fsp3) is 0.600. The number of rotatable bonds is 3.